The Morgan fingerprint density at radius 1 is 1.19 bits per heavy atom. The molecule has 1 atom stereocenters. The molecule has 0 bridgehead atoms. The fraction of sp³-hybridized carbons (Fsp3) is 0.133. The van der Waals surface area contributed by atoms with Crippen molar-refractivity contribution >= 4 is 46.6 Å². The van der Waals surface area contributed by atoms with E-state index in [1.807, 2.05) is 24.5 Å². The van der Waals surface area contributed by atoms with Gasteiger partial charge in [-0.25, -0.2) is 4.79 Å². The number of benzene rings is 2. The van der Waals surface area contributed by atoms with Crippen molar-refractivity contribution in [1.29, 1.82) is 0 Å². The molecule has 0 radical (unpaired) electrons. The van der Waals surface area contributed by atoms with Gasteiger partial charge in [0.25, 0.3) is 0 Å². The SMILES string of the molecule is CSc1ccccc1C(Nc1cc(Cl)cc(Cl)c1)C(=O)O. The van der Waals surface area contributed by atoms with Crippen LogP contribution in [0.15, 0.2) is 47.4 Å². The van der Waals surface area contributed by atoms with Crippen LogP contribution in [0.2, 0.25) is 10.0 Å². The zero-order chi connectivity index (χ0) is 15.4. The van der Waals surface area contributed by atoms with E-state index < -0.39 is 12.0 Å². The van der Waals surface area contributed by atoms with E-state index in [2.05, 4.69) is 5.32 Å². The van der Waals surface area contributed by atoms with E-state index >= 15 is 0 Å². The van der Waals surface area contributed by atoms with Crippen LogP contribution in [0.5, 0.6) is 0 Å². The van der Waals surface area contributed by atoms with E-state index in [1.54, 1.807) is 24.3 Å². The minimum atomic E-state index is -0.965. The van der Waals surface area contributed by atoms with Crippen LogP contribution in [0.25, 0.3) is 0 Å². The van der Waals surface area contributed by atoms with Crippen LogP contribution >= 0.6 is 35.0 Å². The fourth-order valence-corrected chi connectivity index (χ4v) is 3.14. The molecule has 0 aromatic heterocycles. The lowest BCUT2D eigenvalue weighted by molar-refractivity contribution is -0.138. The Morgan fingerprint density at radius 3 is 2.38 bits per heavy atom. The number of carboxylic acid groups (broad SMARTS) is 1. The number of nitrogens with one attached hydrogen (secondary N) is 1. The summed E-state index contributed by atoms with van der Waals surface area (Å²) in [5, 5.41) is 13.4. The lowest BCUT2D eigenvalue weighted by Gasteiger charge is -2.19. The Kier molecular flexibility index (Phi) is 5.39. The highest BCUT2D eigenvalue weighted by Crippen LogP contribution is 2.30. The summed E-state index contributed by atoms with van der Waals surface area (Å²) in [4.78, 5) is 12.5. The summed E-state index contributed by atoms with van der Waals surface area (Å²) in [5.74, 6) is -0.965. The first-order valence-electron chi connectivity index (χ1n) is 6.09. The highest BCUT2D eigenvalue weighted by atomic mass is 35.5. The number of hydrogen-bond acceptors (Lipinski definition) is 3. The second-order valence-electron chi connectivity index (χ2n) is 4.32. The first-order chi connectivity index (χ1) is 10.0. The van der Waals surface area contributed by atoms with Gasteiger partial charge in [0.05, 0.1) is 0 Å². The van der Waals surface area contributed by atoms with Crippen LogP contribution in [-0.4, -0.2) is 17.3 Å². The monoisotopic (exact) mass is 341 g/mol. The summed E-state index contributed by atoms with van der Waals surface area (Å²) in [6.45, 7) is 0. The molecular weight excluding hydrogens is 329 g/mol. The third-order valence-electron chi connectivity index (χ3n) is 2.87. The standard InChI is InChI=1S/C15H13Cl2NO2S/c1-21-13-5-3-2-4-12(13)14(15(19)20)18-11-7-9(16)6-10(17)8-11/h2-8,14,18H,1H3,(H,19,20). The van der Waals surface area contributed by atoms with Crippen molar-refractivity contribution in [2.45, 2.75) is 10.9 Å². The Labute approximate surface area is 137 Å². The van der Waals surface area contributed by atoms with Gasteiger partial charge in [-0.2, -0.15) is 0 Å². The minimum Gasteiger partial charge on any atom is -0.479 e. The summed E-state index contributed by atoms with van der Waals surface area (Å²) in [6.07, 6.45) is 1.91. The third kappa shape index (κ3) is 4.06. The molecule has 0 heterocycles. The molecule has 2 aromatic rings. The molecule has 2 rings (SSSR count). The van der Waals surface area contributed by atoms with Gasteiger partial charge < -0.3 is 10.4 Å². The second kappa shape index (κ2) is 7.07. The number of carboxylic acids is 1. The van der Waals surface area contributed by atoms with Crippen molar-refractivity contribution in [2.24, 2.45) is 0 Å². The largest absolute Gasteiger partial charge is 0.479 e. The van der Waals surface area contributed by atoms with Gasteiger partial charge >= 0.3 is 5.97 Å². The number of rotatable bonds is 5. The molecule has 2 aromatic carbocycles. The van der Waals surface area contributed by atoms with Crippen molar-refractivity contribution < 1.29 is 9.90 Å². The zero-order valence-electron chi connectivity index (χ0n) is 11.1. The predicted octanol–water partition coefficient (Wildman–Crippen LogP) is 4.95. The smallest absolute Gasteiger partial charge is 0.330 e. The van der Waals surface area contributed by atoms with Crippen molar-refractivity contribution in [3.63, 3.8) is 0 Å². The van der Waals surface area contributed by atoms with Gasteiger partial charge in [0.2, 0.25) is 0 Å². The van der Waals surface area contributed by atoms with Gasteiger partial charge in [0.15, 0.2) is 6.04 Å². The molecule has 110 valence electrons. The second-order valence-corrected chi connectivity index (χ2v) is 6.04. The van der Waals surface area contributed by atoms with Crippen molar-refractivity contribution in [2.75, 3.05) is 11.6 Å². The Bertz CT molecular complexity index is 644. The average molecular weight is 342 g/mol. The van der Waals surface area contributed by atoms with E-state index in [9.17, 15) is 9.90 Å². The van der Waals surface area contributed by atoms with Crippen molar-refractivity contribution in [1.82, 2.24) is 0 Å². The van der Waals surface area contributed by atoms with Crippen LogP contribution in [0.4, 0.5) is 5.69 Å². The molecule has 0 saturated heterocycles. The van der Waals surface area contributed by atoms with Gasteiger partial charge in [-0.3, -0.25) is 0 Å². The van der Waals surface area contributed by atoms with Crippen LogP contribution in [-0.2, 0) is 4.79 Å². The molecule has 0 aliphatic heterocycles. The number of carbonyl (C=O) groups is 1. The molecule has 0 aliphatic carbocycles. The molecule has 2 N–H and O–H groups in total. The highest BCUT2D eigenvalue weighted by Gasteiger charge is 2.22. The predicted molar refractivity (Wildman–Crippen MR) is 88.7 cm³/mol. The third-order valence-corrected chi connectivity index (χ3v) is 4.12. The number of anilines is 1. The maximum Gasteiger partial charge on any atom is 0.330 e. The Hall–Kier alpha value is -1.36. The highest BCUT2D eigenvalue weighted by molar-refractivity contribution is 7.98. The molecule has 0 amide bonds. The lowest BCUT2D eigenvalue weighted by Crippen LogP contribution is -2.21. The molecule has 1 unspecified atom stereocenters. The van der Waals surface area contributed by atoms with E-state index in [1.165, 1.54) is 11.8 Å². The minimum absolute atomic E-state index is 0.451. The Morgan fingerprint density at radius 2 is 1.81 bits per heavy atom. The molecule has 0 spiro atoms. The van der Waals surface area contributed by atoms with Gasteiger partial charge in [-0.15, -0.1) is 11.8 Å². The molecule has 21 heavy (non-hydrogen) atoms. The van der Waals surface area contributed by atoms with Gasteiger partial charge in [-0.1, -0.05) is 41.4 Å². The van der Waals surface area contributed by atoms with Crippen molar-refractivity contribution in [3.05, 3.63) is 58.1 Å². The summed E-state index contributed by atoms with van der Waals surface area (Å²) >= 11 is 13.4. The molecule has 0 aliphatic rings. The molecule has 0 fully saturated rings. The summed E-state index contributed by atoms with van der Waals surface area (Å²) in [6, 6.07) is 11.4. The first-order valence-corrected chi connectivity index (χ1v) is 8.07. The summed E-state index contributed by atoms with van der Waals surface area (Å²) < 4.78 is 0. The topological polar surface area (TPSA) is 49.3 Å². The Balaban J connectivity index is 2.38. The van der Waals surface area contributed by atoms with Crippen molar-refractivity contribution in [3.8, 4) is 0 Å². The van der Waals surface area contributed by atoms with Crippen LogP contribution in [0.1, 0.15) is 11.6 Å². The maximum atomic E-state index is 11.6. The van der Waals surface area contributed by atoms with E-state index in [-0.39, 0.29) is 0 Å². The van der Waals surface area contributed by atoms with Gasteiger partial charge in [0.1, 0.15) is 0 Å². The number of hydrogen-bond donors (Lipinski definition) is 2. The van der Waals surface area contributed by atoms with Crippen LogP contribution in [0.3, 0.4) is 0 Å². The van der Waals surface area contributed by atoms with E-state index in [0.717, 1.165) is 4.90 Å². The molecule has 3 nitrogen and oxygen atoms in total. The van der Waals surface area contributed by atoms with Crippen LogP contribution < -0.4 is 5.32 Å². The first kappa shape index (κ1) is 16.0. The summed E-state index contributed by atoms with van der Waals surface area (Å²) in [7, 11) is 0. The molecular formula is C15H13Cl2NO2S. The quantitative estimate of drug-likeness (QED) is 0.755. The average Bonchev–Trinajstić information content (AvgIpc) is 2.43. The normalized spacial score (nSPS) is 12.0. The van der Waals surface area contributed by atoms with E-state index in [4.69, 9.17) is 23.2 Å². The van der Waals surface area contributed by atoms with Gasteiger partial charge in [0, 0.05) is 20.6 Å². The van der Waals surface area contributed by atoms with Gasteiger partial charge in [-0.05, 0) is 36.1 Å². The molecule has 0 saturated carbocycles. The zero-order valence-corrected chi connectivity index (χ0v) is 13.5. The number of thioether (sulfide) groups is 1. The molecule has 6 heteroatoms. The van der Waals surface area contributed by atoms with E-state index in [0.29, 0.717) is 21.3 Å². The maximum absolute atomic E-state index is 11.6. The number of halogens is 2. The lowest BCUT2D eigenvalue weighted by atomic mass is 10.1. The summed E-state index contributed by atoms with van der Waals surface area (Å²) in [5.41, 5.74) is 1.27. The fourth-order valence-electron chi connectivity index (χ4n) is 1.98. The van der Waals surface area contributed by atoms with Crippen LogP contribution in [0, 0.1) is 0 Å². The number of aliphatic carboxylic acids is 1.